The maximum absolute atomic E-state index is 11.9. The zero-order valence-corrected chi connectivity index (χ0v) is 12.4. The van der Waals surface area contributed by atoms with E-state index in [4.69, 9.17) is 0 Å². The van der Waals surface area contributed by atoms with Crippen molar-refractivity contribution in [3.05, 3.63) is 18.5 Å². The minimum Gasteiger partial charge on any atom is -0.311 e. The summed E-state index contributed by atoms with van der Waals surface area (Å²) in [7, 11) is -3.04. The fourth-order valence-electron chi connectivity index (χ4n) is 1.50. The van der Waals surface area contributed by atoms with Gasteiger partial charge in [0.2, 0.25) is 0 Å². The molecule has 0 aliphatic rings. The van der Waals surface area contributed by atoms with Crippen LogP contribution in [0.15, 0.2) is 18.5 Å². The fraction of sp³-hybridized carbons (Fsp3) is 0.750. The van der Waals surface area contributed by atoms with E-state index >= 15 is 0 Å². The van der Waals surface area contributed by atoms with Crippen LogP contribution in [0, 0.1) is 0 Å². The Balaban J connectivity index is 2.34. The molecule has 0 aromatic carbocycles. The molecule has 1 N–H and O–H groups in total. The van der Waals surface area contributed by atoms with E-state index in [1.165, 1.54) is 0 Å². The molecule has 0 amide bonds. The van der Waals surface area contributed by atoms with Crippen LogP contribution in [-0.2, 0) is 16.4 Å². The Labute approximate surface area is 109 Å². The summed E-state index contributed by atoms with van der Waals surface area (Å²) in [5, 5.41) is 7.32. The average molecular weight is 273 g/mol. The monoisotopic (exact) mass is 273 g/mol. The Hall–Kier alpha value is -0.880. The van der Waals surface area contributed by atoms with Gasteiger partial charge in [0.15, 0.2) is 9.84 Å². The molecule has 1 heterocycles. The molecular weight excluding hydrogens is 250 g/mol. The summed E-state index contributed by atoms with van der Waals surface area (Å²) in [6.07, 6.45) is 3.63. The molecule has 1 atom stereocenters. The van der Waals surface area contributed by atoms with Gasteiger partial charge < -0.3 is 5.32 Å². The fourth-order valence-corrected chi connectivity index (χ4v) is 2.50. The first-order chi connectivity index (χ1) is 8.22. The van der Waals surface area contributed by atoms with Crippen molar-refractivity contribution >= 4 is 9.84 Å². The number of rotatable bonds is 6. The highest BCUT2D eigenvalue weighted by Gasteiger charge is 2.28. The molecule has 0 aliphatic carbocycles. The lowest BCUT2D eigenvalue weighted by atomic mass is 10.3. The van der Waals surface area contributed by atoms with Crippen LogP contribution in [0.3, 0.4) is 0 Å². The Morgan fingerprint density at radius 3 is 2.56 bits per heavy atom. The topological polar surface area (TPSA) is 64.0 Å². The molecule has 1 unspecified atom stereocenters. The zero-order valence-electron chi connectivity index (χ0n) is 11.5. The van der Waals surface area contributed by atoms with Gasteiger partial charge in [0.05, 0.1) is 17.0 Å². The molecular formula is C12H23N3O2S. The van der Waals surface area contributed by atoms with E-state index in [-0.39, 0.29) is 11.8 Å². The SMILES string of the molecule is CC(Cn1cccn1)NCCS(=O)(=O)C(C)(C)C. The van der Waals surface area contributed by atoms with Gasteiger partial charge >= 0.3 is 0 Å². The summed E-state index contributed by atoms with van der Waals surface area (Å²) in [4.78, 5) is 0. The van der Waals surface area contributed by atoms with Crippen LogP contribution in [0.5, 0.6) is 0 Å². The van der Waals surface area contributed by atoms with E-state index in [9.17, 15) is 8.42 Å². The summed E-state index contributed by atoms with van der Waals surface area (Å²) < 4.78 is 24.9. The Bertz CT molecular complexity index is 446. The molecule has 5 nitrogen and oxygen atoms in total. The second-order valence-corrected chi connectivity index (χ2v) is 8.38. The van der Waals surface area contributed by atoms with E-state index in [0.29, 0.717) is 6.54 Å². The number of hydrogen-bond donors (Lipinski definition) is 1. The molecule has 0 fully saturated rings. The van der Waals surface area contributed by atoms with Gasteiger partial charge in [-0.3, -0.25) is 4.68 Å². The van der Waals surface area contributed by atoms with Gasteiger partial charge in [-0.1, -0.05) is 0 Å². The van der Waals surface area contributed by atoms with Crippen molar-refractivity contribution in [3.8, 4) is 0 Å². The van der Waals surface area contributed by atoms with Crippen molar-refractivity contribution in [1.82, 2.24) is 15.1 Å². The van der Waals surface area contributed by atoms with Crippen LogP contribution < -0.4 is 5.32 Å². The first kappa shape index (κ1) is 15.2. The first-order valence-electron chi connectivity index (χ1n) is 6.15. The van der Waals surface area contributed by atoms with Crippen molar-refractivity contribution in [2.45, 2.75) is 45.0 Å². The third-order valence-corrected chi connectivity index (χ3v) is 5.42. The Morgan fingerprint density at radius 2 is 2.06 bits per heavy atom. The maximum Gasteiger partial charge on any atom is 0.156 e. The lowest BCUT2D eigenvalue weighted by molar-refractivity contribution is 0.459. The van der Waals surface area contributed by atoms with Crippen LogP contribution in [0.25, 0.3) is 0 Å². The summed E-state index contributed by atoms with van der Waals surface area (Å²) in [5.74, 6) is 0.167. The molecule has 18 heavy (non-hydrogen) atoms. The third kappa shape index (κ3) is 4.42. The summed E-state index contributed by atoms with van der Waals surface area (Å²) in [6.45, 7) is 8.43. The van der Waals surface area contributed by atoms with Gasteiger partial charge in [-0.05, 0) is 33.8 Å². The van der Waals surface area contributed by atoms with E-state index in [1.54, 1.807) is 27.0 Å². The van der Waals surface area contributed by atoms with Gasteiger partial charge in [0.1, 0.15) is 0 Å². The number of nitrogens with zero attached hydrogens (tertiary/aromatic N) is 2. The van der Waals surface area contributed by atoms with Crippen molar-refractivity contribution < 1.29 is 8.42 Å². The van der Waals surface area contributed by atoms with Gasteiger partial charge in [-0.25, -0.2) is 8.42 Å². The summed E-state index contributed by atoms with van der Waals surface area (Å²) >= 11 is 0. The minimum atomic E-state index is -3.04. The van der Waals surface area contributed by atoms with Gasteiger partial charge in [0, 0.05) is 25.0 Å². The van der Waals surface area contributed by atoms with Crippen LogP contribution in [-0.4, -0.2) is 41.3 Å². The highest BCUT2D eigenvalue weighted by molar-refractivity contribution is 7.92. The molecule has 0 bridgehead atoms. The zero-order chi connectivity index (χ0) is 13.8. The van der Waals surface area contributed by atoms with Crippen molar-refractivity contribution in [2.24, 2.45) is 0 Å². The predicted molar refractivity (Wildman–Crippen MR) is 73.2 cm³/mol. The molecule has 0 aliphatic heterocycles. The molecule has 0 spiro atoms. The lowest BCUT2D eigenvalue weighted by Crippen LogP contribution is -2.38. The Morgan fingerprint density at radius 1 is 1.39 bits per heavy atom. The maximum atomic E-state index is 11.9. The van der Waals surface area contributed by atoms with Crippen LogP contribution >= 0.6 is 0 Å². The smallest absolute Gasteiger partial charge is 0.156 e. The molecule has 0 saturated heterocycles. The molecule has 1 rings (SSSR count). The quantitative estimate of drug-likeness (QED) is 0.842. The van der Waals surface area contributed by atoms with Crippen molar-refractivity contribution in [2.75, 3.05) is 12.3 Å². The van der Waals surface area contributed by atoms with Gasteiger partial charge in [0.25, 0.3) is 0 Å². The van der Waals surface area contributed by atoms with E-state index in [2.05, 4.69) is 10.4 Å². The largest absolute Gasteiger partial charge is 0.311 e. The second-order valence-electron chi connectivity index (χ2n) is 5.51. The highest BCUT2D eigenvalue weighted by atomic mass is 32.2. The van der Waals surface area contributed by atoms with Gasteiger partial charge in [-0.15, -0.1) is 0 Å². The summed E-state index contributed by atoms with van der Waals surface area (Å²) in [5.41, 5.74) is 0. The number of aromatic nitrogens is 2. The van der Waals surface area contributed by atoms with E-state index < -0.39 is 14.6 Å². The second kappa shape index (κ2) is 5.84. The van der Waals surface area contributed by atoms with Crippen molar-refractivity contribution in [3.63, 3.8) is 0 Å². The summed E-state index contributed by atoms with van der Waals surface area (Å²) in [6, 6.07) is 2.07. The first-order valence-corrected chi connectivity index (χ1v) is 7.81. The van der Waals surface area contributed by atoms with Crippen LogP contribution in [0.4, 0.5) is 0 Å². The molecule has 1 aromatic rings. The molecule has 1 aromatic heterocycles. The molecule has 104 valence electrons. The van der Waals surface area contributed by atoms with Gasteiger partial charge in [-0.2, -0.15) is 5.10 Å². The number of hydrogen-bond acceptors (Lipinski definition) is 4. The van der Waals surface area contributed by atoms with E-state index in [1.807, 2.05) is 23.9 Å². The third-order valence-electron chi connectivity index (χ3n) is 2.82. The standard InChI is InChI=1S/C12H23N3O2S/c1-11(10-15-8-5-6-14-15)13-7-9-18(16,17)12(2,3)4/h5-6,8,11,13H,7,9-10H2,1-4H3. The highest BCUT2D eigenvalue weighted by Crippen LogP contribution is 2.15. The minimum absolute atomic E-state index is 0.167. The number of nitrogens with one attached hydrogen (secondary N) is 1. The normalized spacial score (nSPS) is 14.7. The van der Waals surface area contributed by atoms with E-state index in [0.717, 1.165) is 6.54 Å². The lowest BCUT2D eigenvalue weighted by Gasteiger charge is -2.20. The van der Waals surface area contributed by atoms with Crippen LogP contribution in [0.1, 0.15) is 27.7 Å². The molecule has 0 saturated carbocycles. The Kier molecular flexibility index (Phi) is 4.92. The molecule has 0 radical (unpaired) electrons. The number of sulfone groups is 1. The molecule has 6 heteroatoms. The predicted octanol–water partition coefficient (Wildman–Crippen LogP) is 1.07. The van der Waals surface area contributed by atoms with Crippen molar-refractivity contribution in [1.29, 1.82) is 0 Å². The average Bonchev–Trinajstić information content (AvgIpc) is 2.68. The van der Waals surface area contributed by atoms with Crippen LogP contribution in [0.2, 0.25) is 0 Å².